The molecule has 2 N–H and O–H groups in total. The second-order valence-corrected chi connectivity index (χ2v) is 9.56. The molecule has 0 fully saturated rings. The van der Waals surface area contributed by atoms with Crippen LogP contribution in [0.25, 0.3) is 0 Å². The maximum absolute atomic E-state index is 13.6. The average Bonchev–Trinajstić information content (AvgIpc) is 2.87. The summed E-state index contributed by atoms with van der Waals surface area (Å²) in [6.07, 6.45) is -0.822. The maximum atomic E-state index is 13.6. The standard InChI is InChI=1S/C26H30N2O5S/c1-21(32-19-23-14-8-4-9-15-23)26(28-34(30,31)27-2,18-22-12-6-3-7-13-22)25(29)33-20-24-16-10-5-11-17-24/h3-17,21,27-28H,18-20H2,1-2H3/t21-,26+/m1/s1. The smallest absolute Gasteiger partial charge is 0.330 e. The van der Waals surface area contributed by atoms with E-state index in [1.807, 2.05) is 91.0 Å². The molecule has 0 saturated carbocycles. The quantitative estimate of drug-likeness (QED) is 0.386. The van der Waals surface area contributed by atoms with Crippen LogP contribution in [0.2, 0.25) is 0 Å². The Kier molecular flexibility index (Phi) is 8.95. The number of hydrogen-bond acceptors (Lipinski definition) is 5. The Hall–Kier alpha value is -3.04. The molecule has 3 aromatic carbocycles. The van der Waals surface area contributed by atoms with Crippen LogP contribution in [-0.2, 0) is 44.1 Å². The molecule has 3 rings (SSSR count). The lowest BCUT2D eigenvalue weighted by molar-refractivity contribution is -0.159. The highest BCUT2D eigenvalue weighted by molar-refractivity contribution is 7.87. The van der Waals surface area contributed by atoms with Crippen LogP contribution in [0.15, 0.2) is 91.0 Å². The van der Waals surface area contributed by atoms with Crippen molar-refractivity contribution >= 4 is 16.2 Å². The van der Waals surface area contributed by atoms with Crippen LogP contribution in [0, 0.1) is 0 Å². The van der Waals surface area contributed by atoms with E-state index in [-0.39, 0.29) is 19.6 Å². The van der Waals surface area contributed by atoms with E-state index in [4.69, 9.17) is 9.47 Å². The fraction of sp³-hybridized carbons (Fsp3) is 0.269. The van der Waals surface area contributed by atoms with Gasteiger partial charge in [0.1, 0.15) is 6.61 Å². The molecule has 0 aliphatic carbocycles. The highest BCUT2D eigenvalue weighted by Gasteiger charge is 2.49. The number of esters is 1. The number of carbonyl (C=O) groups is 1. The van der Waals surface area contributed by atoms with Crippen molar-refractivity contribution in [2.24, 2.45) is 0 Å². The van der Waals surface area contributed by atoms with Crippen LogP contribution in [0.5, 0.6) is 0 Å². The third-order valence-corrected chi connectivity index (χ3v) is 6.70. The fourth-order valence-corrected chi connectivity index (χ4v) is 4.44. The topological polar surface area (TPSA) is 93.7 Å². The third kappa shape index (κ3) is 6.98. The molecular formula is C26H30N2O5S. The monoisotopic (exact) mass is 482 g/mol. The van der Waals surface area contributed by atoms with Crippen molar-refractivity contribution in [1.82, 2.24) is 9.44 Å². The van der Waals surface area contributed by atoms with Gasteiger partial charge in [-0.05, 0) is 23.6 Å². The summed E-state index contributed by atoms with van der Waals surface area (Å²) in [5.41, 5.74) is 0.733. The minimum atomic E-state index is -4.03. The molecule has 0 unspecified atom stereocenters. The van der Waals surface area contributed by atoms with E-state index in [1.165, 1.54) is 7.05 Å². The van der Waals surface area contributed by atoms with Gasteiger partial charge in [-0.3, -0.25) is 0 Å². The summed E-state index contributed by atoms with van der Waals surface area (Å²) in [5.74, 6) is -0.723. The van der Waals surface area contributed by atoms with Crippen LogP contribution >= 0.6 is 0 Å². The number of rotatable bonds is 12. The normalized spacial score (nSPS) is 14.2. The van der Waals surface area contributed by atoms with Crippen LogP contribution in [0.4, 0.5) is 0 Å². The van der Waals surface area contributed by atoms with Crippen molar-refractivity contribution < 1.29 is 22.7 Å². The summed E-state index contributed by atoms with van der Waals surface area (Å²) in [6.45, 7) is 1.88. The van der Waals surface area contributed by atoms with Crippen molar-refractivity contribution in [3.8, 4) is 0 Å². The predicted octanol–water partition coefficient (Wildman–Crippen LogP) is 3.37. The first-order valence-electron chi connectivity index (χ1n) is 11.0. The van der Waals surface area contributed by atoms with E-state index >= 15 is 0 Å². The largest absolute Gasteiger partial charge is 0.459 e. The molecule has 2 atom stereocenters. The first kappa shape index (κ1) is 25.6. The molecule has 0 amide bonds. The van der Waals surface area contributed by atoms with Gasteiger partial charge in [-0.25, -0.2) is 9.52 Å². The van der Waals surface area contributed by atoms with Crippen molar-refractivity contribution in [2.45, 2.75) is 38.2 Å². The number of ether oxygens (including phenoxy) is 2. The predicted molar refractivity (Wildman–Crippen MR) is 131 cm³/mol. The van der Waals surface area contributed by atoms with Crippen LogP contribution < -0.4 is 9.44 Å². The van der Waals surface area contributed by atoms with Crippen LogP contribution in [0.1, 0.15) is 23.6 Å². The van der Waals surface area contributed by atoms with Crippen LogP contribution in [-0.4, -0.2) is 33.1 Å². The molecule has 0 heterocycles. The van der Waals surface area contributed by atoms with E-state index in [0.717, 1.165) is 16.7 Å². The van der Waals surface area contributed by atoms with Gasteiger partial charge in [-0.2, -0.15) is 13.1 Å². The minimum Gasteiger partial charge on any atom is -0.459 e. The molecule has 3 aromatic rings. The minimum absolute atomic E-state index is 0.00288. The van der Waals surface area contributed by atoms with Gasteiger partial charge >= 0.3 is 5.97 Å². The van der Waals surface area contributed by atoms with Crippen LogP contribution in [0.3, 0.4) is 0 Å². The van der Waals surface area contributed by atoms with Crippen molar-refractivity contribution in [1.29, 1.82) is 0 Å². The van der Waals surface area contributed by atoms with Gasteiger partial charge in [0.2, 0.25) is 0 Å². The zero-order valence-electron chi connectivity index (χ0n) is 19.3. The van der Waals surface area contributed by atoms with E-state index in [0.29, 0.717) is 0 Å². The third-order valence-electron chi connectivity index (χ3n) is 5.52. The summed E-state index contributed by atoms with van der Waals surface area (Å²) in [6, 6.07) is 27.9. The van der Waals surface area contributed by atoms with E-state index in [9.17, 15) is 13.2 Å². The highest BCUT2D eigenvalue weighted by atomic mass is 32.2. The van der Waals surface area contributed by atoms with Gasteiger partial charge in [0.25, 0.3) is 10.2 Å². The second kappa shape index (κ2) is 11.9. The highest BCUT2D eigenvalue weighted by Crippen LogP contribution is 2.25. The lowest BCUT2D eigenvalue weighted by atomic mass is 9.86. The molecule has 7 nitrogen and oxygen atoms in total. The first-order valence-corrected chi connectivity index (χ1v) is 12.5. The summed E-state index contributed by atoms with van der Waals surface area (Å²) in [4.78, 5) is 13.6. The molecule has 0 saturated heterocycles. The first-order chi connectivity index (χ1) is 16.3. The van der Waals surface area contributed by atoms with E-state index in [1.54, 1.807) is 6.92 Å². The van der Waals surface area contributed by atoms with Crippen molar-refractivity contribution in [2.75, 3.05) is 7.05 Å². The summed E-state index contributed by atoms with van der Waals surface area (Å²) in [7, 11) is -2.76. The van der Waals surface area contributed by atoms with Gasteiger partial charge in [0.05, 0.1) is 12.7 Å². The summed E-state index contributed by atoms with van der Waals surface area (Å²) in [5, 5.41) is 0. The van der Waals surface area contributed by atoms with Gasteiger partial charge in [0.15, 0.2) is 5.54 Å². The molecule has 0 aromatic heterocycles. The molecule has 180 valence electrons. The Bertz CT molecular complexity index is 1140. The summed E-state index contributed by atoms with van der Waals surface area (Å²) < 4.78 is 41.9. The molecule has 0 aliphatic rings. The lowest BCUT2D eigenvalue weighted by Crippen LogP contribution is -2.65. The molecule has 0 spiro atoms. The molecule has 34 heavy (non-hydrogen) atoms. The number of hydrogen-bond donors (Lipinski definition) is 2. The molecule has 8 heteroatoms. The Balaban J connectivity index is 1.95. The average molecular weight is 483 g/mol. The Labute approximate surface area is 201 Å². The molecule has 0 bridgehead atoms. The van der Waals surface area contributed by atoms with E-state index < -0.39 is 27.8 Å². The zero-order valence-corrected chi connectivity index (χ0v) is 20.1. The van der Waals surface area contributed by atoms with E-state index in [2.05, 4.69) is 9.44 Å². The Morgan fingerprint density at radius 1 is 0.824 bits per heavy atom. The molecular weight excluding hydrogens is 452 g/mol. The zero-order chi connectivity index (χ0) is 24.4. The number of benzene rings is 3. The van der Waals surface area contributed by atoms with Gasteiger partial charge in [-0.1, -0.05) is 91.0 Å². The van der Waals surface area contributed by atoms with Gasteiger partial charge in [0, 0.05) is 13.5 Å². The lowest BCUT2D eigenvalue weighted by Gasteiger charge is -2.37. The maximum Gasteiger partial charge on any atom is 0.330 e. The van der Waals surface area contributed by atoms with Crippen molar-refractivity contribution in [3.63, 3.8) is 0 Å². The summed E-state index contributed by atoms with van der Waals surface area (Å²) >= 11 is 0. The van der Waals surface area contributed by atoms with Gasteiger partial charge in [-0.15, -0.1) is 0 Å². The van der Waals surface area contributed by atoms with Crippen molar-refractivity contribution in [3.05, 3.63) is 108 Å². The van der Waals surface area contributed by atoms with Gasteiger partial charge < -0.3 is 9.47 Å². The Morgan fingerprint density at radius 2 is 1.29 bits per heavy atom. The second-order valence-electron chi connectivity index (χ2n) is 7.94. The molecule has 0 aliphatic heterocycles. The Morgan fingerprint density at radius 3 is 1.79 bits per heavy atom. The number of carbonyl (C=O) groups excluding carboxylic acids is 1. The SMILES string of the molecule is CNS(=O)(=O)N[C@](Cc1ccccc1)(C(=O)OCc1ccccc1)[C@@H](C)OCc1ccccc1. The fourth-order valence-electron chi connectivity index (χ4n) is 3.54. The number of nitrogens with one attached hydrogen (secondary N) is 2. The molecule has 0 radical (unpaired) electrons.